The Hall–Kier alpha value is -1.50. The summed E-state index contributed by atoms with van der Waals surface area (Å²) in [6.07, 6.45) is -0.777. The molecule has 1 rings (SSSR count). The summed E-state index contributed by atoms with van der Waals surface area (Å²) in [5.74, 6) is -1.03. The molecule has 1 N–H and O–H groups in total. The molecule has 0 aliphatic carbocycles. The van der Waals surface area contributed by atoms with Crippen molar-refractivity contribution in [3.05, 3.63) is 23.8 Å². The second-order valence-corrected chi connectivity index (χ2v) is 4.02. The monoisotopic (exact) mass is 282 g/mol. The fraction of sp³-hybridized carbons (Fsp3) is 0.500. The molecule has 1 aromatic rings. The van der Waals surface area contributed by atoms with Gasteiger partial charge in [0.1, 0.15) is 11.5 Å². The summed E-state index contributed by atoms with van der Waals surface area (Å²) in [4.78, 5) is 0. The van der Waals surface area contributed by atoms with Crippen molar-refractivity contribution >= 4 is 0 Å². The first kappa shape index (κ1) is 15.6. The summed E-state index contributed by atoms with van der Waals surface area (Å²) in [5.41, 5.74) is 0.365. The fourth-order valence-electron chi connectivity index (χ4n) is 1.48. The average molecular weight is 282 g/mol. The molecule has 0 fully saturated rings. The number of alkyl halides is 4. The van der Waals surface area contributed by atoms with E-state index in [1.807, 2.05) is 0 Å². The van der Waals surface area contributed by atoms with Crippen molar-refractivity contribution < 1.29 is 32.1 Å². The Morgan fingerprint density at radius 1 is 0.895 bits per heavy atom. The van der Waals surface area contributed by atoms with Crippen molar-refractivity contribution in [2.75, 3.05) is 0 Å². The van der Waals surface area contributed by atoms with Crippen LogP contribution in [0.4, 0.5) is 17.6 Å². The maximum atomic E-state index is 12.1. The average Bonchev–Trinajstić information content (AvgIpc) is 2.25. The van der Waals surface area contributed by atoms with Crippen LogP contribution in [0.5, 0.6) is 11.5 Å². The van der Waals surface area contributed by atoms with Gasteiger partial charge >= 0.3 is 13.2 Å². The summed E-state index contributed by atoms with van der Waals surface area (Å²) in [6.45, 7) is -3.02. The molecular formula is C12H14F4O3. The zero-order valence-corrected chi connectivity index (χ0v) is 10.3. The van der Waals surface area contributed by atoms with Gasteiger partial charge < -0.3 is 14.6 Å². The third-order valence-corrected chi connectivity index (χ3v) is 2.60. The highest BCUT2D eigenvalue weighted by Crippen LogP contribution is 2.30. The van der Waals surface area contributed by atoms with Crippen LogP contribution in [-0.4, -0.2) is 24.4 Å². The summed E-state index contributed by atoms with van der Waals surface area (Å²) in [6, 6.07) is 3.44. The van der Waals surface area contributed by atoms with Crippen LogP contribution in [0.25, 0.3) is 0 Å². The van der Waals surface area contributed by atoms with Crippen LogP contribution in [0.1, 0.15) is 25.3 Å². The van der Waals surface area contributed by atoms with Gasteiger partial charge in [-0.2, -0.15) is 17.6 Å². The highest BCUT2D eigenvalue weighted by Gasteiger charge is 2.17. The van der Waals surface area contributed by atoms with E-state index in [-0.39, 0.29) is 11.5 Å². The number of ether oxygens (including phenoxy) is 2. The van der Waals surface area contributed by atoms with Crippen LogP contribution in [0.2, 0.25) is 0 Å². The van der Waals surface area contributed by atoms with E-state index in [9.17, 15) is 22.7 Å². The van der Waals surface area contributed by atoms with Gasteiger partial charge in [0.2, 0.25) is 0 Å². The van der Waals surface area contributed by atoms with Gasteiger partial charge in [-0.05, 0) is 24.6 Å². The molecule has 0 spiro atoms. The smallest absolute Gasteiger partial charge is 0.387 e. The number of aliphatic hydroxyl groups is 1. The summed E-state index contributed by atoms with van der Waals surface area (Å²) in [7, 11) is 0. The van der Waals surface area contributed by atoms with Crippen LogP contribution in [0.15, 0.2) is 18.2 Å². The van der Waals surface area contributed by atoms with Crippen molar-refractivity contribution in [1.82, 2.24) is 0 Å². The Labute approximate surface area is 107 Å². The van der Waals surface area contributed by atoms with E-state index < -0.39 is 25.2 Å². The minimum atomic E-state index is -3.07. The molecule has 19 heavy (non-hydrogen) atoms. The summed E-state index contributed by atoms with van der Waals surface area (Å²) < 4.78 is 56.9. The first-order valence-electron chi connectivity index (χ1n) is 5.52. The number of hydrogen-bond acceptors (Lipinski definition) is 3. The van der Waals surface area contributed by atoms with Gasteiger partial charge in [-0.25, -0.2) is 0 Å². The quantitative estimate of drug-likeness (QED) is 0.813. The molecule has 2 atom stereocenters. The first-order valence-corrected chi connectivity index (χ1v) is 5.52. The first-order chi connectivity index (χ1) is 8.79. The second-order valence-electron chi connectivity index (χ2n) is 4.02. The maximum Gasteiger partial charge on any atom is 0.387 e. The molecule has 108 valence electrons. The van der Waals surface area contributed by atoms with Crippen LogP contribution in [0.3, 0.4) is 0 Å². The normalized spacial score (nSPS) is 14.6. The maximum absolute atomic E-state index is 12.1. The molecule has 0 heterocycles. The van der Waals surface area contributed by atoms with Crippen molar-refractivity contribution in [2.24, 2.45) is 0 Å². The largest absolute Gasteiger partial charge is 0.435 e. The molecule has 0 saturated carbocycles. The van der Waals surface area contributed by atoms with E-state index in [1.165, 1.54) is 19.1 Å². The SMILES string of the molecule is CC(O)C(C)c1cc(OC(F)F)cc(OC(F)F)c1. The lowest BCUT2D eigenvalue weighted by Crippen LogP contribution is -2.12. The predicted octanol–water partition coefficient (Wildman–Crippen LogP) is 3.37. The molecule has 7 heteroatoms. The Kier molecular flexibility index (Phi) is 5.41. The Bertz CT molecular complexity index is 382. The van der Waals surface area contributed by atoms with Crippen LogP contribution in [-0.2, 0) is 0 Å². The Morgan fingerprint density at radius 2 is 1.32 bits per heavy atom. The summed E-state index contributed by atoms with van der Waals surface area (Å²) >= 11 is 0. The molecule has 0 radical (unpaired) electrons. The molecule has 0 aliphatic rings. The lowest BCUT2D eigenvalue weighted by Gasteiger charge is -2.18. The van der Waals surface area contributed by atoms with Gasteiger partial charge in [-0.3, -0.25) is 0 Å². The molecule has 0 aromatic heterocycles. The molecule has 0 saturated heterocycles. The van der Waals surface area contributed by atoms with Gasteiger partial charge in [0.05, 0.1) is 6.10 Å². The Balaban J connectivity index is 3.08. The van der Waals surface area contributed by atoms with E-state index in [0.29, 0.717) is 5.56 Å². The standard InChI is InChI=1S/C12H14F4O3/c1-6(7(2)17)8-3-9(18-11(13)14)5-10(4-8)19-12(15)16/h3-7,11-12,17H,1-2H3. The van der Waals surface area contributed by atoms with E-state index in [0.717, 1.165) is 6.07 Å². The number of aliphatic hydroxyl groups excluding tert-OH is 1. The van der Waals surface area contributed by atoms with Crippen molar-refractivity contribution in [2.45, 2.75) is 39.1 Å². The molecule has 0 aliphatic heterocycles. The van der Waals surface area contributed by atoms with Crippen LogP contribution >= 0.6 is 0 Å². The van der Waals surface area contributed by atoms with Gasteiger partial charge in [0.25, 0.3) is 0 Å². The highest BCUT2D eigenvalue weighted by atomic mass is 19.3. The van der Waals surface area contributed by atoms with Crippen LogP contribution < -0.4 is 9.47 Å². The lowest BCUT2D eigenvalue weighted by atomic mass is 9.96. The van der Waals surface area contributed by atoms with Gasteiger partial charge in [0, 0.05) is 12.0 Å². The minimum Gasteiger partial charge on any atom is -0.435 e. The predicted molar refractivity (Wildman–Crippen MR) is 59.8 cm³/mol. The molecule has 3 nitrogen and oxygen atoms in total. The van der Waals surface area contributed by atoms with E-state index in [1.54, 1.807) is 6.92 Å². The highest BCUT2D eigenvalue weighted by molar-refractivity contribution is 5.40. The third kappa shape index (κ3) is 4.94. The van der Waals surface area contributed by atoms with E-state index in [4.69, 9.17) is 0 Å². The molecule has 0 bridgehead atoms. The zero-order chi connectivity index (χ0) is 14.6. The lowest BCUT2D eigenvalue weighted by molar-refractivity contribution is -0.0543. The van der Waals surface area contributed by atoms with Crippen molar-refractivity contribution in [3.8, 4) is 11.5 Å². The minimum absolute atomic E-state index is 0.296. The van der Waals surface area contributed by atoms with Crippen LogP contribution in [0, 0.1) is 0 Å². The van der Waals surface area contributed by atoms with Crippen molar-refractivity contribution in [3.63, 3.8) is 0 Å². The Morgan fingerprint density at radius 3 is 1.63 bits per heavy atom. The summed E-state index contributed by atoms with van der Waals surface area (Å²) in [5, 5.41) is 9.44. The van der Waals surface area contributed by atoms with E-state index >= 15 is 0 Å². The third-order valence-electron chi connectivity index (χ3n) is 2.60. The fourth-order valence-corrected chi connectivity index (χ4v) is 1.48. The molecule has 0 amide bonds. The molecular weight excluding hydrogens is 268 g/mol. The van der Waals surface area contributed by atoms with Gasteiger partial charge in [0.15, 0.2) is 0 Å². The van der Waals surface area contributed by atoms with Gasteiger partial charge in [-0.15, -0.1) is 0 Å². The van der Waals surface area contributed by atoms with E-state index in [2.05, 4.69) is 9.47 Å². The topological polar surface area (TPSA) is 38.7 Å². The number of halogens is 4. The molecule has 1 aromatic carbocycles. The number of rotatable bonds is 6. The zero-order valence-electron chi connectivity index (χ0n) is 10.3. The second kappa shape index (κ2) is 6.60. The number of benzene rings is 1. The van der Waals surface area contributed by atoms with Gasteiger partial charge in [-0.1, -0.05) is 6.92 Å². The molecule has 2 unspecified atom stereocenters. The number of hydrogen-bond donors (Lipinski definition) is 1. The van der Waals surface area contributed by atoms with Crippen molar-refractivity contribution in [1.29, 1.82) is 0 Å².